The number of fused-ring (bicyclic) bond motifs is 1. The summed E-state index contributed by atoms with van der Waals surface area (Å²) >= 11 is 0. The minimum Gasteiger partial charge on any atom is -0.481 e. The van der Waals surface area contributed by atoms with Gasteiger partial charge in [-0.3, -0.25) is 14.5 Å². The molecule has 0 radical (unpaired) electrons. The van der Waals surface area contributed by atoms with E-state index in [2.05, 4.69) is 5.32 Å². The highest BCUT2D eigenvalue weighted by molar-refractivity contribution is 6.03. The Morgan fingerprint density at radius 1 is 0.846 bits per heavy atom. The van der Waals surface area contributed by atoms with Crippen LogP contribution in [0.4, 0.5) is 29.3 Å². The number of aryl methyl sites for hydroxylation is 1. The number of hydrogen-bond acceptors (Lipinski definition) is 3. The van der Waals surface area contributed by atoms with Crippen molar-refractivity contribution in [1.29, 1.82) is 0 Å². The molecule has 1 saturated carbocycles. The van der Waals surface area contributed by atoms with Gasteiger partial charge in [0.25, 0.3) is 0 Å². The first kappa shape index (κ1) is 26.5. The van der Waals surface area contributed by atoms with Gasteiger partial charge >= 0.3 is 18.2 Å². The zero-order valence-electron chi connectivity index (χ0n) is 21.0. The van der Waals surface area contributed by atoms with Crippen LogP contribution in [0.3, 0.4) is 0 Å². The molecule has 39 heavy (non-hydrogen) atoms. The Hall–Kier alpha value is -4.14. The Balaban J connectivity index is 1.27. The van der Waals surface area contributed by atoms with Crippen LogP contribution in [0.15, 0.2) is 66.7 Å². The van der Waals surface area contributed by atoms with Crippen LogP contribution in [-0.2, 0) is 17.4 Å². The van der Waals surface area contributed by atoms with E-state index in [0.29, 0.717) is 49.0 Å². The van der Waals surface area contributed by atoms with Crippen molar-refractivity contribution in [2.45, 2.75) is 38.3 Å². The van der Waals surface area contributed by atoms with Gasteiger partial charge < -0.3 is 10.4 Å². The van der Waals surface area contributed by atoms with Crippen molar-refractivity contribution in [3.05, 3.63) is 83.4 Å². The summed E-state index contributed by atoms with van der Waals surface area (Å²) in [6.45, 7) is 0.317. The second-order valence-corrected chi connectivity index (χ2v) is 10.0. The lowest BCUT2D eigenvalue weighted by atomic mass is 9.88. The van der Waals surface area contributed by atoms with Crippen LogP contribution >= 0.6 is 0 Å². The smallest absolute Gasteiger partial charge is 0.416 e. The normalized spacial score (nSPS) is 18.9. The van der Waals surface area contributed by atoms with E-state index in [1.807, 2.05) is 0 Å². The summed E-state index contributed by atoms with van der Waals surface area (Å²) in [5, 5.41) is 12.2. The molecule has 5 rings (SSSR count). The molecule has 3 aromatic rings. The molecule has 1 aliphatic heterocycles. The molecule has 3 aromatic carbocycles. The van der Waals surface area contributed by atoms with Gasteiger partial charge in [0.15, 0.2) is 5.78 Å². The van der Waals surface area contributed by atoms with Gasteiger partial charge in [-0.2, -0.15) is 13.2 Å². The number of halogens is 3. The molecule has 202 valence electrons. The number of benzene rings is 3. The van der Waals surface area contributed by atoms with Crippen LogP contribution in [0.2, 0.25) is 0 Å². The van der Waals surface area contributed by atoms with Crippen LogP contribution in [0, 0.1) is 11.8 Å². The number of ketones is 1. The summed E-state index contributed by atoms with van der Waals surface area (Å²) < 4.78 is 39.7. The van der Waals surface area contributed by atoms with Crippen molar-refractivity contribution in [2.75, 3.05) is 16.8 Å². The number of carboxylic acid groups (broad SMARTS) is 1. The number of hydrogen-bond donors (Lipinski definition) is 2. The van der Waals surface area contributed by atoms with Gasteiger partial charge in [0, 0.05) is 29.4 Å². The molecule has 0 spiro atoms. The van der Waals surface area contributed by atoms with Gasteiger partial charge in [-0.25, -0.2) is 4.79 Å². The zero-order valence-corrected chi connectivity index (χ0v) is 21.0. The highest BCUT2D eigenvalue weighted by Gasteiger charge is 2.38. The fourth-order valence-electron chi connectivity index (χ4n) is 5.51. The fourth-order valence-corrected chi connectivity index (χ4v) is 5.51. The molecule has 6 nitrogen and oxygen atoms in total. The highest BCUT2D eigenvalue weighted by Crippen LogP contribution is 2.37. The number of amides is 2. The number of carbonyl (C=O) groups excluding carboxylic acids is 2. The molecule has 2 atom stereocenters. The number of anilines is 2. The average molecular weight is 537 g/mol. The van der Waals surface area contributed by atoms with Gasteiger partial charge in [-0.15, -0.1) is 0 Å². The molecule has 0 bridgehead atoms. The molecule has 2 amide bonds. The Bertz CT molecular complexity index is 1400. The van der Waals surface area contributed by atoms with Crippen LogP contribution < -0.4 is 10.2 Å². The monoisotopic (exact) mass is 536 g/mol. The summed E-state index contributed by atoms with van der Waals surface area (Å²) in [5.74, 6) is -2.20. The molecule has 2 unspecified atom stereocenters. The number of urea groups is 1. The lowest BCUT2D eigenvalue weighted by molar-refractivity contribution is -0.142. The van der Waals surface area contributed by atoms with E-state index in [4.69, 9.17) is 0 Å². The molecule has 0 aromatic heterocycles. The third-order valence-corrected chi connectivity index (χ3v) is 7.59. The third kappa shape index (κ3) is 5.53. The molecule has 2 N–H and O–H groups in total. The fraction of sp³-hybridized carbons (Fsp3) is 0.300. The topological polar surface area (TPSA) is 86.7 Å². The highest BCUT2D eigenvalue weighted by atomic mass is 19.4. The largest absolute Gasteiger partial charge is 0.481 e. The van der Waals surface area contributed by atoms with E-state index in [0.717, 1.165) is 29.7 Å². The molecule has 1 fully saturated rings. The zero-order chi connectivity index (χ0) is 27.7. The minimum absolute atomic E-state index is 0.147. The molecule has 2 aliphatic rings. The maximum Gasteiger partial charge on any atom is 0.416 e. The predicted molar refractivity (Wildman–Crippen MR) is 141 cm³/mol. The van der Waals surface area contributed by atoms with E-state index in [1.54, 1.807) is 48.5 Å². The summed E-state index contributed by atoms with van der Waals surface area (Å²) in [4.78, 5) is 38.7. The Morgan fingerprint density at radius 3 is 2.13 bits per heavy atom. The van der Waals surface area contributed by atoms with Crippen molar-refractivity contribution in [3.8, 4) is 11.1 Å². The summed E-state index contributed by atoms with van der Waals surface area (Å²) in [5.41, 5.74) is 2.85. The Kier molecular flexibility index (Phi) is 7.16. The average Bonchev–Trinajstić information content (AvgIpc) is 3.43. The number of carboxylic acids is 1. The van der Waals surface area contributed by atoms with E-state index in [-0.39, 0.29) is 11.5 Å². The van der Waals surface area contributed by atoms with Crippen molar-refractivity contribution in [2.24, 2.45) is 11.8 Å². The van der Waals surface area contributed by atoms with Gasteiger partial charge in [0.05, 0.1) is 11.5 Å². The molecular formula is C30H27F3N2O4. The maximum absolute atomic E-state index is 13.2. The van der Waals surface area contributed by atoms with Crippen LogP contribution in [-0.4, -0.2) is 29.4 Å². The predicted octanol–water partition coefficient (Wildman–Crippen LogP) is 7.04. The van der Waals surface area contributed by atoms with Crippen LogP contribution in [0.1, 0.15) is 47.2 Å². The van der Waals surface area contributed by atoms with Crippen molar-refractivity contribution >= 4 is 29.2 Å². The number of carbonyl (C=O) groups is 3. The first-order valence-corrected chi connectivity index (χ1v) is 12.9. The minimum atomic E-state index is -4.49. The van der Waals surface area contributed by atoms with Gasteiger partial charge in [-0.1, -0.05) is 48.9 Å². The summed E-state index contributed by atoms with van der Waals surface area (Å²) in [6.07, 6.45) is -1.40. The standard InChI is InChI=1S/C30H27F3N2O4/c31-30(32,33)22-13-10-20-3-2-16-35(26(20)17-22)29(39)34-23-14-11-19(12-15-23)18-6-8-21(9-7-18)27(36)24-4-1-5-25(24)28(37)38/h6-15,17,24-25H,1-5,16H2,(H,34,39)(H,37,38). The number of nitrogens with one attached hydrogen (secondary N) is 1. The van der Waals surface area contributed by atoms with Gasteiger partial charge in [0.1, 0.15) is 0 Å². The van der Waals surface area contributed by atoms with Gasteiger partial charge in [-0.05, 0) is 66.6 Å². The molecule has 0 saturated heterocycles. The van der Waals surface area contributed by atoms with Crippen molar-refractivity contribution in [1.82, 2.24) is 0 Å². The lowest BCUT2D eigenvalue weighted by Crippen LogP contribution is -2.38. The van der Waals surface area contributed by atoms with Crippen molar-refractivity contribution in [3.63, 3.8) is 0 Å². The SMILES string of the molecule is O=C(O)C1CCCC1C(=O)c1ccc(-c2ccc(NC(=O)N3CCCc4ccc(C(F)(F)F)cc43)cc2)cc1. The van der Waals surface area contributed by atoms with E-state index >= 15 is 0 Å². The molecule has 1 aliphatic carbocycles. The third-order valence-electron chi connectivity index (χ3n) is 7.59. The number of Topliss-reactive ketones (excluding diaryl/α,β-unsaturated/α-hetero) is 1. The second-order valence-electron chi connectivity index (χ2n) is 10.0. The molecular weight excluding hydrogens is 509 g/mol. The number of alkyl halides is 3. The van der Waals surface area contributed by atoms with Crippen LogP contribution in [0.25, 0.3) is 11.1 Å². The first-order valence-electron chi connectivity index (χ1n) is 12.9. The van der Waals surface area contributed by atoms with Gasteiger partial charge in [0.2, 0.25) is 0 Å². The van der Waals surface area contributed by atoms with Crippen LogP contribution in [0.5, 0.6) is 0 Å². The number of rotatable bonds is 5. The first-order chi connectivity index (χ1) is 18.6. The van der Waals surface area contributed by atoms with E-state index < -0.39 is 35.6 Å². The Labute approximate surface area is 223 Å². The maximum atomic E-state index is 13.2. The second kappa shape index (κ2) is 10.6. The van der Waals surface area contributed by atoms with E-state index in [9.17, 15) is 32.7 Å². The molecule has 1 heterocycles. The number of nitrogens with zero attached hydrogens (tertiary/aromatic N) is 1. The molecule has 9 heteroatoms. The number of aliphatic carboxylic acids is 1. The summed E-state index contributed by atoms with van der Waals surface area (Å²) in [7, 11) is 0. The Morgan fingerprint density at radius 2 is 1.49 bits per heavy atom. The van der Waals surface area contributed by atoms with Crippen molar-refractivity contribution < 1.29 is 32.7 Å². The quantitative estimate of drug-likeness (QED) is 0.343. The van der Waals surface area contributed by atoms with E-state index in [1.165, 1.54) is 11.0 Å². The summed E-state index contributed by atoms with van der Waals surface area (Å²) in [6, 6.07) is 17.0. The lowest BCUT2D eigenvalue weighted by Gasteiger charge is -2.30.